The molecule has 3 aromatic heterocycles. The highest BCUT2D eigenvalue weighted by Gasteiger charge is 2.26. The molecule has 2 aliphatic rings. The van der Waals surface area contributed by atoms with E-state index in [9.17, 15) is 19.2 Å². The third-order valence-electron chi connectivity index (χ3n) is 9.01. The van der Waals surface area contributed by atoms with Crippen molar-refractivity contribution >= 4 is 34.5 Å². The number of amides is 2. The number of alkyl carbamates (subject to hydrolysis) is 1. The van der Waals surface area contributed by atoms with Gasteiger partial charge in [0.05, 0.1) is 30.4 Å². The summed E-state index contributed by atoms with van der Waals surface area (Å²) in [5.41, 5.74) is 2.43. The topological polar surface area (TPSA) is 143 Å². The Kier molecular flexibility index (Phi) is 10.8. The fourth-order valence-electron chi connectivity index (χ4n) is 6.53. The zero-order chi connectivity index (χ0) is 34.6. The van der Waals surface area contributed by atoms with Gasteiger partial charge in [-0.05, 0) is 72.2 Å². The second-order valence-electron chi connectivity index (χ2n) is 13.9. The molecule has 13 nitrogen and oxygen atoms in total. The third-order valence-corrected chi connectivity index (χ3v) is 9.01. The zero-order valence-corrected chi connectivity index (χ0v) is 29.0. The number of hydrogen-bond donors (Lipinski definition) is 1. The van der Waals surface area contributed by atoms with Gasteiger partial charge in [-0.15, -0.1) is 0 Å². The number of carbonyl (C=O) groups excluding carboxylic acids is 3. The van der Waals surface area contributed by atoms with E-state index in [0.717, 1.165) is 42.5 Å². The molecule has 5 rings (SSSR count). The van der Waals surface area contributed by atoms with Crippen LogP contribution in [-0.4, -0.2) is 106 Å². The first-order chi connectivity index (χ1) is 22.8. The van der Waals surface area contributed by atoms with Gasteiger partial charge in [0, 0.05) is 62.6 Å². The van der Waals surface area contributed by atoms with E-state index in [1.165, 1.54) is 6.92 Å². The predicted octanol–water partition coefficient (Wildman–Crippen LogP) is 3.51. The summed E-state index contributed by atoms with van der Waals surface area (Å²) in [7, 11) is 1.86. The summed E-state index contributed by atoms with van der Waals surface area (Å²) in [5.74, 6) is 0.396. The van der Waals surface area contributed by atoms with Crippen LogP contribution in [0.25, 0.3) is 11.0 Å². The summed E-state index contributed by atoms with van der Waals surface area (Å²) >= 11 is 0. The number of nitrogens with one attached hydrogen (secondary N) is 1. The number of ether oxygens (including phenoxy) is 1. The highest BCUT2D eigenvalue weighted by atomic mass is 16.6. The molecule has 1 aliphatic carbocycles. The van der Waals surface area contributed by atoms with Crippen molar-refractivity contribution < 1.29 is 19.1 Å². The van der Waals surface area contributed by atoms with Crippen LogP contribution in [0.4, 0.5) is 10.5 Å². The largest absolute Gasteiger partial charge is 0.444 e. The smallest absolute Gasteiger partial charge is 0.407 e. The van der Waals surface area contributed by atoms with Crippen LogP contribution >= 0.6 is 0 Å². The van der Waals surface area contributed by atoms with Gasteiger partial charge in [-0.3, -0.25) is 28.8 Å². The third kappa shape index (κ3) is 8.36. The van der Waals surface area contributed by atoms with E-state index in [1.54, 1.807) is 17.7 Å². The minimum Gasteiger partial charge on any atom is -0.444 e. The quantitative estimate of drug-likeness (QED) is 0.321. The molecule has 2 amide bonds. The lowest BCUT2D eigenvalue weighted by atomic mass is 10.0. The summed E-state index contributed by atoms with van der Waals surface area (Å²) < 4.78 is 6.98. The number of rotatable bonds is 10. The lowest BCUT2D eigenvalue weighted by Gasteiger charge is -2.36. The van der Waals surface area contributed by atoms with Gasteiger partial charge in [0.2, 0.25) is 5.91 Å². The minimum atomic E-state index is -0.550. The lowest BCUT2D eigenvalue weighted by Crippen LogP contribution is -2.51. The average Bonchev–Trinajstić information content (AvgIpc) is 3.55. The molecule has 3 aromatic rings. The summed E-state index contributed by atoms with van der Waals surface area (Å²) in [6.07, 6.45) is 7.42. The van der Waals surface area contributed by atoms with Gasteiger partial charge in [-0.2, -0.15) is 0 Å². The van der Waals surface area contributed by atoms with E-state index in [4.69, 9.17) is 14.7 Å². The molecule has 1 N–H and O–H groups in total. The van der Waals surface area contributed by atoms with Crippen LogP contribution < -0.4 is 15.8 Å². The van der Waals surface area contributed by atoms with Crippen molar-refractivity contribution in [1.82, 2.24) is 34.6 Å². The summed E-state index contributed by atoms with van der Waals surface area (Å²) in [5, 5.41) is 3.46. The molecule has 0 radical (unpaired) electrons. The van der Waals surface area contributed by atoms with E-state index in [-0.39, 0.29) is 35.4 Å². The molecule has 1 aliphatic heterocycles. The van der Waals surface area contributed by atoms with Crippen molar-refractivity contribution in [1.29, 1.82) is 0 Å². The molecule has 4 heterocycles. The molecular weight excluding hydrogens is 612 g/mol. The second kappa shape index (κ2) is 14.8. The van der Waals surface area contributed by atoms with Gasteiger partial charge >= 0.3 is 6.09 Å². The molecule has 48 heavy (non-hydrogen) atoms. The molecule has 2 fully saturated rings. The van der Waals surface area contributed by atoms with Gasteiger partial charge in [0.1, 0.15) is 17.1 Å². The van der Waals surface area contributed by atoms with E-state index < -0.39 is 11.7 Å². The maximum atomic E-state index is 13.5. The number of aryl methyl sites for hydroxylation is 1. The van der Waals surface area contributed by atoms with Gasteiger partial charge in [0.15, 0.2) is 5.78 Å². The molecule has 0 atom stereocenters. The molecule has 0 aromatic carbocycles. The Morgan fingerprint density at radius 1 is 1.04 bits per heavy atom. The standard InChI is InChI=1S/C35H48N8O5/c1-23-28-21-38-29(39-32(28)43(26-9-7-8-10-26)33(46)31(23)24(2)44)19-25-11-12-27(20-37-25)41-15-17-42(18-16-41)30(45)22-40(6)14-13-36-34(47)48-35(3,4)5/h11-12,20-21,26H,7-10,13-19,22H2,1-6H3,(H,36,47). The van der Waals surface area contributed by atoms with Crippen LogP contribution in [0.3, 0.4) is 0 Å². The number of piperazine rings is 1. The van der Waals surface area contributed by atoms with E-state index in [1.807, 2.05) is 55.9 Å². The number of likely N-dealkylation sites (N-methyl/N-ethyl adjacent to an activating group) is 1. The number of pyridine rings is 2. The van der Waals surface area contributed by atoms with Crippen molar-refractivity contribution in [2.45, 2.75) is 78.4 Å². The zero-order valence-electron chi connectivity index (χ0n) is 29.0. The Labute approximate surface area is 281 Å². The first kappa shape index (κ1) is 34.9. The Bertz CT molecular complexity index is 1700. The van der Waals surface area contributed by atoms with Crippen LogP contribution in [0.1, 0.15) is 86.9 Å². The number of aromatic nitrogens is 4. The molecule has 13 heteroatoms. The minimum absolute atomic E-state index is 0.0312. The van der Waals surface area contributed by atoms with Gasteiger partial charge in [-0.25, -0.2) is 14.8 Å². The van der Waals surface area contributed by atoms with Gasteiger partial charge < -0.3 is 19.9 Å². The highest BCUT2D eigenvalue weighted by Crippen LogP contribution is 2.31. The fourth-order valence-corrected chi connectivity index (χ4v) is 6.53. The lowest BCUT2D eigenvalue weighted by molar-refractivity contribution is -0.132. The first-order valence-corrected chi connectivity index (χ1v) is 16.9. The first-order valence-electron chi connectivity index (χ1n) is 16.9. The van der Waals surface area contributed by atoms with Crippen LogP contribution in [0.2, 0.25) is 0 Å². The number of ketones is 1. The number of fused-ring (bicyclic) bond motifs is 1. The van der Waals surface area contributed by atoms with Gasteiger partial charge in [-0.1, -0.05) is 12.8 Å². The number of carbonyl (C=O) groups is 3. The Morgan fingerprint density at radius 2 is 1.75 bits per heavy atom. The summed E-state index contributed by atoms with van der Waals surface area (Å²) in [4.78, 5) is 70.8. The molecule has 0 bridgehead atoms. The van der Waals surface area contributed by atoms with E-state index in [2.05, 4.69) is 15.2 Å². The summed E-state index contributed by atoms with van der Waals surface area (Å²) in [6, 6.07) is 4.03. The Hall–Kier alpha value is -4.39. The SMILES string of the molecule is CC(=O)c1c(C)c2cnc(Cc3ccc(N4CCN(C(=O)CN(C)CCNC(=O)OC(C)(C)C)CC4)cn3)nc2n(C2CCCC2)c1=O. The normalized spacial score (nSPS) is 15.7. The predicted molar refractivity (Wildman–Crippen MR) is 184 cm³/mol. The van der Waals surface area contributed by atoms with E-state index in [0.29, 0.717) is 62.7 Å². The van der Waals surface area contributed by atoms with Crippen molar-refractivity contribution in [2.75, 3.05) is 57.8 Å². The van der Waals surface area contributed by atoms with Crippen LogP contribution in [0.15, 0.2) is 29.3 Å². The maximum Gasteiger partial charge on any atom is 0.407 e. The van der Waals surface area contributed by atoms with Crippen LogP contribution in [0.5, 0.6) is 0 Å². The fraction of sp³-hybridized carbons (Fsp3) is 0.571. The number of Topliss-reactive ketones (excluding diaryl/α,β-unsaturated/α-hetero) is 1. The summed E-state index contributed by atoms with van der Waals surface area (Å²) in [6.45, 7) is 12.5. The Balaban J connectivity index is 1.16. The van der Waals surface area contributed by atoms with Crippen LogP contribution in [-0.2, 0) is 16.0 Å². The molecule has 1 saturated heterocycles. The van der Waals surface area contributed by atoms with Crippen molar-refractivity contribution in [3.8, 4) is 0 Å². The molecular formula is C35H48N8O5. The number of anilines is 1. The monoisotopic (exact) mass is 660 g/mol. The molecule has 1 saturated carbocycles. The second-order valence-corrected chi connectivity index (χ2v) is 13.9. The van der Waals surface area contributed by atoms with E-state index >= 15 is 0 Å². The van der Waals surface area contributed by atoms with Crippen LogP contribution in [0, 0.1) is 6.92 Å². The number of nitrogens with zero attached hydrogens (tertiary/aromatic N) is 7. The number of hydrogen-bond acceptors (Lipinski definition) is 10. The Morgan fingerprint density at radius 3 is 2.38 bits per heavy atom. The molecule has 0 spiro atoms. The highest BCUT2D eigenvalue weighted by molar-refractivity contribution is 5.99. The van der Waals surface area contributed by atoms with Crippen molar-refractivity contribution in [3.63, 3.8) is 0 Å². The van der Waals surface area contributed by atoms with Crippen molar-refractivity contribution in [2.24, 2.45) is 0 Å². The molecule has 0 unspecified atom stereocenters. The van der Waals surface area contributed by atoms with Gasteiger partial charge in [0.25, 0.3) is 5.56 Å². The maximum absolute atomic E-state index is 13.5. The van der Waals surface area contributed by atoms with Crippen molar-refractivity contribution in [3.05, 3.63) is 57.5 Å². The molecule has 258 valence electrons. The average molecular weight is 661 g/mol.